The van der Waals surface area contributed by atoms with Crippen molar-refractivity contribution in [1.82, 2.24) is 4.57 Å². The van der Waals surface area contributed by atoms with Gasteiger partial charge in [-0.1, -0.05) is 51.5 Å². The van der Waals surface area contributed by atoms with E-state index >= 15 is 0 Å². The van der Waals surface area contributed by atoms with Gasteiger partial charge in [-0.3, -0.25) is 9.36 Å². The van der Waals surface area contributed by atoms with Gasteiger partial charge in [-0.25, -0.2) is 14.6 Å². The molecule has 0 aliphatic carbocycles. The van der Waals surface area contributed by atoms with Crippen molar-refractivity contribution in [3.63, 3.8) is 0 Å². The molecule has 0 spiro atoms. The Bertz CT molecular complexity index is 2190. The minimum atomic E-state index is -0.897. The van der Waals surface area contributed by atoms with Crippen LogP contribution >= 0.6 is 27.3 Å². The average molecular weight is 792 g/mol. The number of carbonyl (C=O) groups is 2. The molecule has 1 atom stereocenters. The van der Waals surface area contributed by atoms with Crippen molar-refractivity contribution >= 4 is 45.3 Å². The molecule has 0 amide bonds. The summed E-state index contributed by atoms with van der Waals surface area (Å²) in [6.07, 6.45) is 4.05. The molecule has 13 heteroatoms. The Morgan fingerprint density at radius 3 is 2.42 bits per heavy atom. The highest BCUT2D eigenvalue weighted by Gasteiger charge is 2.34. The second-order valence-corrected chi connectivity index (χ2v) is 13.4. The van der Waals surface area contributed by atoms with Gasteiger partial charge in [-0.05, 0) is 86.4 Å². The van der Waals surface area contributed by atoms with Gasteiger partial charge in [0.05, 0.1) is 49.3 Å². The summed E-state index contributed by atoms with van der Waals surface area (Å²) in [6, 6.07) is 15.8. The zero-order chi connectivity index (χ0) is 37.4. The molecule has 5 rings (SSSR count). The molecule has 1 aliphatic heterocycles. The average Bonchev–Trinajstić information content (AvgIpc) is 3.43. The third kappa shape index (κ3) is 8.48. The van der Waals surface area contributed by atoms with Gasteiger partial charge in [-0.15, -0.1) is 6.58 Å². The SMILES string of the molecule is C=CCc1cc(/C=c2\sc3n(c2=O)[C@@H](c2ccc(OCC(=O)OC)c(OCC)c2)C(C(=O)OCC)=C(C)N=3)cc(OC)c1OCc1ccc(Br)cc1. The molecule has 1 aromatic heterocycles. The summed E-state index contributed by atoms with van der Waals surface area (Å²) in [5, 5.41) is 0. The maximum atomic E-state index is 14.4. The van der Waals surface area contributed by atoms with Crippen molar-refractivity contribution in [3.8, 4) is 23.0 Å². The first kappa shape index (κ1) is 38.1. The number of ether oxygens (including phenoxy) is 6. The molecule has 52 heavy (non-hydrogen) atoms. The summed E-state index contributed by atoms with van der Waals surface area (Å²) in [4.78, 5) is 44.7. The minimum Gasteiger partial charge on any atom is -0.493 e. The molecule has 0 bridgehead atoms. The van der Waals surface area contributed by atoms with Gasteiger partial charge in [0.15, 0.2) is 34.4 Å². The fourth-order valence-electron chi connectivity index (χ4n) is 5.66. The summed E-state index contributed by atoms with van der Waals surface area (Å²) in [5.74, 6) is 0.571. The monoisotopic (exact) mass is 790 g/mol. The van der Waals surface area contributed by atoms with Crippen LogP contribution in [0.5, 0.6) is 23.0 Å². The van der Waals surface area contributed by atoms with Gasteiger partial charge >= 0.3 is 11.9 Å². The quantitative estimate of drug-likeness (QED) is 0.108. The van der Waals surface area contributed by atoms with Crippen LogP contribution in [0.1, 0.15) is 49.1 Å². The summed E-state index contributed by atoms with van der Waals surface area (Å²) >= 11 is 4.66. The Morgan fingerprint density at radius 1 is 0.981 bits per heavy atom. The number of carbonyl (C=O) groups excluding carboxylic acids is 2. The molecule has 3 aromatic carbocycles. The molecule has 4 aromatic rings. The summed E-state index contributed by atoms with van der Waals surface area (Å²) in [7, 11) is 2.84. The van der Waals surface area contributed by atoms with E-state index in [1.807, 2.05) is 43.3 Å². The molecular formula is C39H39BrN2O9S. The van der Waals surface area contributed by atoms with E-state index in [4.69, 9.17) is 28.4 Å². The highest BCUT2D eigenvalue weighted by Crippen LogP contribution is 2.37. The van der Waals surface area contributed by atoms with Crippen LogP contribution in [0, 0.1) is 0 Å². The Morgan fingerprint density at radius 2 is 1.75 bits per heavy atom. The topological polar surface area (TPSA) is 124 Å². The van der Waals surface area contributed by atoms with Crippen LogP contribution in [0.15, 0.2) is 92.8 Å². The number of hydrogen-bond donors (Lipinski definition) is 0. The lowest BCUT2D eigenvalue weighted by Crippen LogP contribution is -2.40. The number of rotatable bonds is 15. The number of thiazole rings is 1. The van der Waals surface area contributed by atoms with Crippen LogP contribution < -0.4 is 33.8 Å². The summed E-state index contributed by atoms with van der Waals surface area (Å²) in [6.45, 7) is 9.60. The Hall–Kier alpha value is -5.14. The number of aromatic nitrogens is 1. The zero-order valence-electron chi connectivity index (χ0n) is 29.5. The van der Waals surface area contributed by atoms with Crippen molar-refractivity contribution in [3.05, 3.63) is 125 Å². The van der Waals surface area contributed by atoms with Crippen molar-refractivity contribution in [2.45, 2.75) is 39.8 Å². The largest absolute Gasteiger partial charge is 0.493 e. The van der Waals surface area contributed by atoms with Crippen molar-refractivity contribution in [2.24, 2.45) is 4.99 Å². The Kier molecular flexibility index (Phi) is 12.7. The van der Waals surface area contributed by atoms with E-state index in [1.165, 1.54) is 23.0 Å². The van der Waals surface area contributed by atoms with Gasteiger partial charge in [0.2, 0.25) is 0 Å². The zero-order valence-corrected chi connectivity index (χ0v) is 31.9. The molecule has 0 saturated heterocycles. The molecular weight excluding hydrogens is 752 g/mol. The summed E-state index contributed by atoms with van der Waals surface area (Å²) in [5.41, 5.74) is 3.37. The van der Waals surface area contributed by atoms with E-state index < -0.39 is 18.0 Å². The number of esters is 2. The predicted octanol–water partition coefficient (Wildman–Crippen LogP) is 5.83. The second kappa shape index (κ2) is 17.4. The van der Waals surface area contributed by atoms with E-state index in [2.05, 4.69) is 27.5 Å². The first-order chi connectivity index (χ1) is 25.1. The number of methoxy groups -OCH3 is 2. The molecule has 0 N–H and O–H groups in total. The van der Waals surface area contributed by atoms with Gasteiger partial charge in [0.25, 0.3) is 5.56 Å². The van der Waals surface area contributed by atoms with Gasteiger partial charge in [0, 0.05) is 10.0 Å². The minimum absolute atomic E-state index is 0.134. The normalized spacial score (nSPS) is 13.9. The van der Waals surface area contributed by atoms with Crippen LogP contribution in [0.2, 0.25) is 0 Å². The Labute approximate surface area is 313 Å². The third-order valence-corrected chi connectivity index (χ3v) is 9.52. The van der Waals surface area contributed by atoms with Gasteiger partial charge in [0.1, 0.15) is 6.61 Å². The maximum absolute atomic E-state index is 14.4. The highest BCUT2D eigenvalue weighted by molar-refractivity contribution is 9.10. The highest BCUT2D eigenvalue weighted by atomic mass is 79.9. The number of allylic oxidation sites excluding steroid dienone is 2. The second-order valence-electron chi connectivity index (χ2n) is 11.4. The molecule has 2 heterocycles. The molecule has 11 nitrogen and oxygen atoms in total. The van der Waals surface area contributed by atoms with Crippen LogP contribution in [0.25, 0.3) is 6.08 Å². The van der Waals surface area contributed by atoms with Gasteiger partial charge in [-0.2, -0.15) is 0 Å². The van der Waals surface area contributed by atoms with Crippen LogP contribution in [0.3, 0.4) is 0 Å². The van der Waals surface area contributed by atoms with Gasteiger partial charge < -0.3 is 28.4 Å². The van der Waals surface area contributed by atoms with Crippen molar-refractivity contribution in [1.29, 1.82) is 0 Å². The molecule has 0 fully saturated rings. The first-order valence-electron chi connectivity index (χ1n) is 16.5. The van der Waals surface area contributed by atoms with Crippen LogP contribution in [-0.4, -0.2) is 50.5 Å². The lowest BCUT2D eigenvalue weighted by molar-refractivity contribution is -0.143. The number of benzene rings is 3. The molecule has 0 unspecified atom stereocenters. The standard InChI is InChI=1S/C39H39BrN2O9S/c1-7-10-27-17-25(18-31(46-5)36(27)51-21-24-11-14-28(40)15-12-24)19-32-37(44)42-35(34(38(45)49-9-3)23(4)41-39(42)52-32)26-13-16-29(30(20-26)48-8-2)50-22-33(43)47-6/h7,11-20,35H,1,8-10,21-22H2,2-6H3/b32-19-/t35-/m0/s1. The predicted molar refractivity (Wildman–Crippen MR) is 201 cm³/mol. The Balaban J connectivity index is 1.61. The number of fused-ring (bicyclic) bond motifs is 1. The molecule has 0 radical (unpaired) electrons. The number of hydrogen-bond acceptors (Lipinski definition) is 11. The lowest BCUT2D eigenvalue weighted by atomic mass is 9.95. The number of nitrogens with zero attached hydrogens (tertiary/aromatic N) is 2. The van der Waals surface area contributed by atoms with E-state index in [9.17, 15) is 14.4 Å². The van der Waals surface area contributed by atoms with E-state index in [0.717, 1.165) is 15.6 Å². The number of halogens is 1. The fourth-order valence-corrected chi connectivity index (χ4v) is 6.97. The van der Waals surface area contributed by atoms with E-state index in [-0.39, 0.29) is 24.3 Å². The van der Waals surface area contributed by atoms with Crippen LogP contribution in [0.4, 0.5) is 0 Å². The molecule has 0 saturated carbocycles. The summed E-state index contributed by atoms with van der Waals surface area (Å²) < 4.78 is 36.6. The van der Waals surface area contributed by atoms with Crippen molar-refractivity contribution < 1.29 is 38.0 Å². The first-order valence-corrected chi connectivity index (χ1v) is 18.1. The van der Waals surface area contributed by atoms with E-state index in [0.29, 0.717) is 68.8 Å². The maximum Gasteiger partial charge on any atom is 0.343 e. The lowest BCUT2D eigenvalue weighted by Gasteiger charge is -2.25. The fraction of sp³-hybridized carbons (Fsp3) is 0.282. The smallest absolute Gasteiger partial charge is 0.343 e. The van der Waals surface area contributed by atoms with E-state index in [1.54, 1.807) is 51.3 Å². The van der Waals surface area contributed by atoms with Crippen molar-refractivity contribution in [2.75, 3.05) is 34.0 Å². The molecule has 272 valence electrons. The third-order valence-electron chi connectivity index (χ3n) is 8.01. The van der Waals surface area contributed by atoms with Crippen LogP contribution in [-0.2, 0) is 32.1 Å². The molecule has 1 aliphatic rings.